The number of hydrogen-bond donors (Lipinski definition) is 8. The first-order chi connectivity index (χ1) is 15.6. The van der Waals surface area contributed by atoms with Crippen molar-refractivity contribution in [2.45, 2.75) is 37.4 Å². The van der Waals surface area contributed by atoms with E-state index < -0.39 is 54.9 Å². The summed E-state index contributed by atoms with van der Waals surface area (Å²) in [6, 6.07) is 5.84. The van der Waals surface area contributed by atoms with Gasteiger partial charge in [-0.05, 0) is 24.8 Å². The van der Waals surface area contributed by atoms with E-state index in [-0.39, 0.29) is 25.3 Å². The summed E-state index contributed by atoms with van der Waals surface area (Å²) >= 11 is 0. The normalized spacial score (nSPS) is 13.2. The highest BCUT2D eigenvalue weighted by Gasteiger charge is 2.24. The Morgan fingerprint density at radius 2 is 1.64 bits per heavy atom. The molecule has 0 bridgehead atoms. The smallest absolute Gasteiger partial charge is 0.245 e. The molecule has 0 aromatic heterocycles. The molecule has 0 heterocycles. The monoisotopic (exact) mass is 464 g/mol. The summed E-state index contributed by atoms with van der Waals surface area (Å²) in [4.78, 5) is 51.9. The molecule has 0 spiro atoms. The van der Waals surface area contributed by atoms with Gasteiger partial charge in [0.25, 0.3) is 0 Å². The first-order valence-electron chi connectivity index (χ1n) is 10.3. The lowest BCUT2D eigenvalue weighted by Gasteiger charge is -2.19. The topological polar surface area (TPSA) is 241 Å². The van der Waals surface area contributed by atoms with E-state index in [0.717, 1.165) is 5.56 Å². The van der Waals surface area contributed by atoms with Crippen LogP contribution in [0.2, 0.25) is 0 Å². The Morgan fingerprint density at radius 3 is 2.21 bits per heavy atom. The summed E-state index contributed by atoms with van der Waals surface area (Å²) in [5.41, 5.74) is 22.4. The molecule has 0 aliphatic heterocycles. The SMILES string of the molecule is NC(=O)[C@H](CCCN=C(N)N)NC(=O)CNC(=O)[C@H](CO)NC(=O)[C@@H](N)Cc1ccccc1. The van der Waals surface area contributed by atoms with Gasteiger partial charge in [0.15, 0.2) is 5.96 Å². The predicted octanol–water partition coefficient (Wildman–Crippen LogP) is -3.83. The number of nitrogens with one attached hydrogen (secondary N) is 3. The number of aliphatic hydroxyl groups excluding tert-OH is 1. The minimum Gasteiger partial charge on any atom is -0.394 e. The zero-order chi connectivity index (χ0) is 24.8. The zero-order valence-electron chi connectivity index (χ0n) is 18.2. The molecule has 3 atom stereocenters. The molecule has 1 aromatic carbocycles. The number of aliphatic imine (C=N–C) groups is 1. The van der Waals surface area contributed by atoms with E-state index in [4.69, 9.17) is 22.9 Å². The van der Waals surface area contributed by atoms with Crippen molar-refractivity contribution in [1.82, 2.24) is 16.0 Å². The van der Waals surface area contributed by atoms with Crippen LogP contribution in [0.3, 0.4) is 0 Å². The Hall–Kier alpha value is -3.71. The van der Waals surface area contributed by atoms with Gasteiger partial charge in [-0.3, -0.25) is 24.2 Å². The number of benzene rings is 1. The van der Waals surface area contributed by atoms with Gasteiger partial charge in [0.05, 0.1) is 19.2 Å². The first kappa shape index (κ1) is 27.3. The Bertz CT molecular complexity index is 829. The molecule has 13 heteroatoms. The van der Waals surface area contributed by atoms with Crippen LogP contribution in [-0.2, 0) is 25.6 Å². The molecule has 0 saturated heterocycles. The molecule has 0 radical (unpaired) electrons. The van der Waals surface area contributed by atoms with Gasteiger partial charge in [0, 0.05) is 6.54 Å². The Morgan fingerprint density at radius 1 is 0.970 bits per heavy atom. The number of guanidine groups is 1. The van der Waals surface area contributed by atoms with Crippen molar-refractivity contribution < 1.29 is 24.3 Å². The molecule has 13 nitrogen and oxygen atoms in total. The molecule has 0 saturated carbocycles. The molecule has 1 aromatic rings. The molecule has 0 aliphatic rings. The third-order valence-corrected chi connectivity index (χ3v) is 4.50. The minimum atomic E-state index is -1.31. The summed E-state index contributed by atoms with van der Waals surface area (Å²) in [6.07, 6.45) is 0.826. The number of rotatable bonds is 14. The second-order valence-electron chi connectivity index (χ2n) is 7.23. The van der Waals surface area contributed by atoms with Gasteiger partial charge >= 0.3 is 0 Å². The van der Waals surface area contributed by atoms with Gasteiger partial charge in [-0.2, -0.15) is 0 Å². The average molecular weight is 465 g/mol. The summed E-state index contributed by atoms with van der Waals surface area (Å²) in [5, 5.41) is 16.5. The van der Waals surface area contributed by atoms with Crippen LogP contribution in [0.1, 0.15) is 18.4 Å². The fraction of sp³-hybridized carbons (Fsp3) is 0.450. The van der Waals surface area contributed by atoms with E-state index in [2.05, 4.69) is 20.9 Å². The van der Waals surface area contributed by atoms with Crippen LogP contribution < -0.4 is 38.9 Å². The van der Waals surface area contributed by atoms with Crippen molar-refractivity contribution in [3.8, 4) is 0 Å². The quantitative estimate of drug-likeness (QED) is 0.0768. The maximum Gasteiger partial charge on any atom is 0.245 e. The number of nitrogens with zero attached hydrogens (tertiary/aromatic N) is 1. The molecule has 33 heavy (non-hydrogen) atoms. The molecule has 0 aliphatic carbocycles. The molecule has 182 valence electrons. The van der Waals surface area contributed by atoms with Crippen molar-refractivity contribution >= 4 is 29.6 Å². The predicted molar refractivity (Wildman–Crippen MR) is 121 cm³/mol. The molecule has 0 unspecified atom stereocenters. The summed E-state index contributed by atoms with van der Waals surface area (Å²) < 4.78 is 0. The molecule has 1 rings (SSSR count). The lowest BCUT2D eigenvalue weighted by molar-refractivity contribution is -0.132. The van der Waals surface area contributed by atoms with Crippen molar-refractivity contribution in [3.63, 3.8) is 0 Å². The van der Waals surface area contributed by atoms with Crippen LogP contribution in [0.4, 0.5) is 0 Å². The van der Waals surface area contributed by atoms with Crippen LogP contribution in [0.5, 0.6) is 0 Å². The van der Waals surface area contributed by atoms with Crippen LogP contribution >= 0.6 is 0 Å². The highest BCUT2D eigenvalue weighted by Crippen LogP contribution is 2.02. The fourth-order valence-electron chi connectivity index (χ4n) is 2.76. The molecular formula is C20H32N8O5. The second kappa shape index (κ2) is 14.4. The number of amides is 4. The lowest BCUT2D eigenvalue weighted by Crippen LogP contribution is -2.55. The number of hydrogen-bond acceptors (Lipinski definition) is 7. The van der Waals surface area contributed by atoms with Crippen molar-refractivity contribution in [3.05, 3.63) is 35.9 Å². The van der Waals surface area contributed by atoms with E-state index in [0.29, 0.717) is 6.42 Å². The average Bonchev–Trinajstić information content (AvgIpc) is 2.77. The van der Waals surface area contributed by atoms with Crippen molar-refractivity contribution in [1.29, 1.82) is 0 Å². The van der Waals surface area contributed by atoms with Gasteiger partial charge in [-0.15, -0.1) is 0 Å². The number of carbonyl (C=O) groups excluding carboxylic acids is 4. The largest absolute Gasteiger partial charge is 0.394 e. The number of primary amides is 1. The number of aliphatic hydroxyl groups is 1. The maximum atomic E-state index is 12.3. The molecule has 0 fully saturated rings. The van der Waals surface area contributed by atoms with Gasteiger partial charge in [0.1, 0.15) is 12.1 Å². The summed E-state index contributed by atoms with van der Waals surface area (Å²) in [7, 11) is 0. The second-order valence-corrected chi connectivity index (χ2v) is 7.23. The Labute approximate surface area is 191 Å². The van der Waals surface area contributed by atoms with Crippen LogP contribution in [0, 0.1) is 0 Å². The maximum absolute atomic E-state index is 12.3. The zero-order valence-corrected chi connectivity index (χ0v) is 18.2. The van der Waals surface area contributed by atoms with E-state index in [1.165, 1.54) is 0 Å². The Balaban J connectivity index is 2.49. The molecule has 4 amide bonds. The van der Waals surface area contributed by atoms with Crippen LogP contribution in [0.25, 0.3) is 0 Å². The highest BCUT2D eigenvalue weighted by molar-refractivity contribution is 5.93. The van der Waals surface area contributed by atoms with E-state index in [9.17, 15) is 24.3 Å². The van der Waals surface area contributed by atoms with Crippen molar-refractivity contribution in [2.24, 2.45) is 27.9 Å². The third kappa shape index (κ3) is 10.9. The van der Waals surface area contributed by atoms with Gasteiger partial charge < -0.3 is 44.0 Å². The van der Waals surface area contributed by atoms with E-state index >= 15 is 0 Å². The van der Waals surface area contributed by atoms with Crippen LogP contribution in [0.15, 0.2) is 35.3 Å². The highest BCUT2D eigenvalue weighted by atomic mass is 16.3. The number of carbonyl (C=O) groups is 4. The fourth-order valence-corrected chi connectivity index (χ4v) is 2.76. The van der Waals surface area contributed by atoms with E-state index in [1.807, 2.05) is 30.3 Å². The van der Waals surface area contributed by atoms with E-state index in [1.54, 1.807) is 0 Å². The van der Waals surface area contributed by atoms with Gasteiger partial charge in [0.2, 0.25) is 23.6 Å². The third-order valence-electron chi connectivity index (χ3n) is 4.50. The summed E-state index contributed by atoms with van der Waals surface area (Å²) in [6.45, 7) is -0.950. The number of nitrogens with two attached hydrogens (primary N) is 4. The molecule has 12 N–H and O–H groups in total. The van der Waals surface area contributed by atoms with Gasteiger partial charge in [-0.25, -0.2) is 0 Å². The first-order valence-corrected chi connectivity index (χ1v) is 10.3. The van der Waals surface area contributed by atoms with Crippen LogP contribution in [-0.4, -0.2) is 72.5 Å². The van der Waals surface area contributed by atoms with Gasteiger partial charge in [-0.1, -0.05) is 30.3 Å². The lowest BCUT2D eigenvalue weighted by atomic mass is 10.1. The standard InChI is InChI=1S/C20H32N8O5/c21-13(9-12-5-2-1-3-6-12)18(32)28-15(11-29)19(33)26-10-16(30)27-14(17(22)31)7-4-8-25-20(23)24/h1-3,5-6,13-15,29H,4,7-11,21H2,(H2,22,31)(H,26,33)(H,27,30)(H,28,32)(H4,23,24,25)/t13-,14-,15-/m0/s1. The molecular weight excluding hydrogens is 432 g/mol. The minimum absolute atomic E-state index is 0.0936. The van der Waals surface area contributed by atoms with Crippen molar-refractivity contribution in [2.75, 3.05) is 19.7 Å². The summed E-state index contributed by atoms with van der Waals surface area (Å²) in [5.74, 6) is -2.96. The Kier molecular flexibility index (Phi) is 11.9.